The Hall–Kier alpha value is -1.62. The lowest BCUT2D eigenvalue weighted by atomic mass is 9.95. The van der Waals surface area contributed by atoms with Gasteiger partial charge in [0.1, 0.15) is 5.82 Å². The van der Waals surface area contributed by atoms with Crippen LogP contribution in [0.25, 0.3) is 5.65 Å². The van der Waals surface area contributed by atoms with E-state index in [1.54, 1.807) is 16.8 Å². The summed E-state index contributed by atoms with van der Waals surface area (Å²) in [4.78, 5) is 7.05. The van der Waals surface area contributed by atoms with Crippen LogP contribution in [-0.4, -0.2) is 38.1 Å². The normalized spacial score (nSPS) is 20.9. The molecule has 5 heteroatoms. The van der Waals surface area contributed by atoms with Gasteiger partial charge < -0.3 is 5.73 Å². The van der Waals surface area contributed by atoms with Crippen molar-refractivity contribution in [3.8, 4) is 0 Å². The lowest BCUT2D eigenvalue weighted by Gasteiger charge is -2.38. The minimum atomic E-state index is 0.597. The van der Waals surface area contributed by atoms with E-state index < -0.39 is 0 Å². The molecule has 1 atom stereocenters. The van der Waals surface area contributed by atoms with Crippen molar-refractivity contribution in [3.63, 3.8) is 0 Å². The number of fused-ring (bicyclic) bond motifs is 1. The van der Waals surface area contributed by atoms with Gasteiger partial charge in [0.25, 0.3) is 0 Å². The Balaban J connectivity index is 1.86. The van der Waals surface area contributed by atoms with E-state index in [2.05, 4.69) is 28.8 Å². The molecule has 0 radical (unpaired) electrons. The zero-order valence-corrected chi connectivity index (χ0v) is 12.3. The molecule has 108 valence electrons. The van der Waals surface area contributed by atoms with Crippen LogP contribution in [0.1, 0.15) is 38.7 Å². The van der Waals surface area contributed by atoms with Crippen LogP contribution >= 0.6 is 0 Å². The van der Waals surface area contributed by atoms with Crippen molar-refractivity contribution in [2.45, 2.75) is 51.6 Å². The highest BCUT2D eigenvalue weighted by Gasteiger charge is 2.25. The van der Waals surface area contributed by atoms with Crippen molar-refractivity contribution in [2.75, 3.05) is 12.3 Å². The number of aromatic nitrogens is 3. The first-order chi connectivity index (χ1) is 9.66. The smallest absolute Gasteiger partial charge is 0.160 e. The van der Waals surface area contributed by atoms with E-state index in [0.29, 0.717) is 17.9 Å². The predicted molar refractivity (Wildman–Crippen MR) is 80.6 cm³/mol. The minimum Gasteiger partial charge on any atom is -0.384 e. The number of anilines is 1. The van der Waals surface area contributed by atoms with Crippen molar-refractivity contribution in [1.29, 1.82) is 0 Å². The molecule has 0 aliphatic carbocycles. The van der Waals surface area contributed by atoms with E-state index in [4.69, 9.17) is 5.73 Å². The van der Waals surface area contributed by atoms with Crippen LogP contribution < -0.4 is 5.73 Å². The first-order valence-corrected chi connectivity index (χ1v) is 7.49. The van der Waals surface area contributed by atoms with Gasteiger partial charge in [-0.1, -0.05) is 6.42 Å². The van der Waals surface area contributed by atoms with Crippen molar-refractivity contribution >= 4 is 11.5 Å². The second-order valence-electron chi connectivity index (χ2n) is 5.96. The number of rotatable bonds is 3. The van der Waals surface area contributed by atoms with E-state index in [-0.39, 0.29) is 0 Å². The van der Waals surface area contributed by atoms with Gasteiger partial charge in [0, 0.05) is 23.8 Å². The number of nitrogens with zero attached hydrogens (tertiary/aromatic N) is 4. The first kappa shape index (κ1) is 13.4. The van der Waals surface area contributed by atoms with Crippen LogP contribution in [0.4, 0.5) is 5.82 Å². The summed E-state index contributed by atoms with van der Waals surface area (Å²) in [6.07, 6.45) is 8.59. The number of nitrogens with two attached hydrogens (primary N) is 1. The molecular formula is C15H23N5. The molecule has 2 aromatic heterocycles. The van der Waals surface area contributed by atoms with Crippen LogP contribution in [0.2, 0.25) is 0 Å². The van der Waals surface area contributed by atoms with Crippen molar-refractivity contribution in [1.82, 2.24) is 19.5 Å². The number of nitrogen functional groups attached to an aromatic ring is 1. The number of likely N-dealkylation sites (tertiary alicyclic amines) is 1. The Morgan fingerprint density at radius 3 is 3.05 bits per heavy atom. The van der Waals surface area contributed by atoms with Crippen LogP contribution in [0.5, 0.6) is 0 Å². The topological polar surface area (TPSA) is 59.5 Å². The molecule has 1 aliphatic heterocycles. The van der Waals surface area contributed by atoms with Crippen molar-refractivity contribution < 1.29 is 0 Å². The molecule has 5 nitrogen and oxygen atoms in total. The molecule has 1 fully saturated rings. The molecule has 0 aromatic carbocycles. The Bertz CT molecular complexity index is 589. The third-order valence-electron chi connectivity index (χ3n) is 4.30. The standard InChI is InChI=1S/C15H23N5/c1-11(2)19-8-4-3-5-13(19)9-12-10-18-20-14(16)6-7-17-15(12)20/h6-7,10-11,13H,3-5,8-9,16H2,1-2H3. The summed E-state index contributed by atoms with van der Waals surface area (Å²) >= 11 is 0. The summed E-state index contributed by atoms with van der Waals surface area (Å²) in [5.41, 5.74) is 8.03. The van der Waals surface area contributed by atoms with Gasteiger partial charge in [-0.3, -0.25) is 4.90 Å². The highest BCUT2D eigenvalue weighted by atomic mass is 15.3. The van der Waals surface area contributed by atoms with Gasteiger partial charge in [-0.15, -0.1) is 0 Å². The fourth-order valence-electron chi connectivity index (χ4n) is 3.28. The maximum absolute atomic E-state index is 5.93. The monoisotopic (exact) mass is 273 g/mol. The Kier molecular flexibility index (Phi) is 3.61. The van der Waals surface area contributed by atoms with Crippen LogP contribution in [0.3, 0.4) is 0 Å². The number of hydrogen-bond acceptors (Lipinski definition) is 4. The highest BCUT2D eigenvalue weighted by molar-refractivity contribution is 5.51. The molecular weight excluding hydrogens is 250 g/mol. The largest absolute Gasteiger partial charge is 0.384 e. The molecule has 0 saturated carbocycles. The van der Waals surface area contributed by atoms with Gasteiger partial charge in [0.2, 0.25) is 0 Å². The fourth-order valence-corrected chi connectivity index (χ4v) is 3.28. The molecule has 0 spiro atoms. The van der Waals surface area contributed by atoms with E-state index in [1.165, 1.54) is 31.4 Å². The van der Waals surface area contributed by atoms with E-state index in [0.717, 1.165) is 12.1 Å². The molecule has 0 bridgehead atoms. The van der Waals surface area contributed by atoms with Gasteiger partial charge in [0.15, 0.2) is 5.65 Å². The molecule has 1 saturated heterocycles. The highest BCUT2D eigenvalue weighted by Crippen LogP contribution is 2.24. The summed E-state index contributed by atoms with van der Waals surface area (Å²) < 4.78 is 1.73. The zero-order chi connectivity index (χ0) is 14.1. The van der Waals surface area contributed by atoms with Crippen LogP contribution in [0.15, 0.2) is 18.5 Å². The third-order valence-corrected chi connectivity index (χ3v) is 4.30. The van der Waals surface area contributed by atoms with Crippen LogP contribution in [0, 0.1) is 0 Å². The third kappa shape index (κ3) is 2.38. The summed E-state index contributed by atoms with van der Waals surface area (Å²) in [6.45, 7) is 5.77. The minimum absolute atomic E-state index is 0.597. The van der Waals surface area contributed by atoms with E-state index in [1.807, 2.05) is 6.20 Å². The molecule has 20 heavy (non-hydrogen) atoms. The van der Waals surface area contributed by atoms with Gasteiger partial charge >= 0.3 is 0 Å². The van der Waals surface area contributed by atoms with E-state index in [9.17, 15) is 0 Å². The predicted octanol–water partition coefficient (Wildman–Crippen LogP) is 2.12. The summed E-state index contributed by atoms with van der Waals surface area (Å²) in [7, 11) is 0. The second kappa shape index (κ2) is 5.40. The molecule has 3 heterocycles. The van der Waals surface area contributed by atoms with Gasteiger partial charge in [0.05, 0.1) is 6.20 Å². The molecule has 2 N–H and O–H groups in total. The number of piperidine rings is 1. The Labute approximate surface area is 119 Å². The van der Waals surface area contributed by atoms with E-state index >= 15 is 0 Å². The molecule has 2 aromatic rings. The van der Waals surface area contributed by atoms with Crippen molar-refractivity contribution in [2.24, 2.45) is 0 Å². The maximum Gasteiger partial charge on any atom is 0.160 e. The number of hydrogen-bond donors (Lipinski definition) is 1. The van der Waals surface area contributed by atoms with Crippen molar-refractivity contribution in [3.05, 3.63) is 24.0 Å². The summed E-state index contributed by atoms with van der Waals surface area (Å²) in [5.74, 6) is 0.644. The lowest BCUT2D eigenvalue weighted by Crippen LogP contribution is -2.44. The van der Waals surface area contributed by atoms with Gasteiger partial charge in [-0.2, -0.15) is 9.61 Å². The quantitative estimate of drug-likeness (QED) is 0.930. The van der Waals surface area contributed by atoms with Gasteiger partial charge in [-0.05, 0) is 45.7 Å². The molecule has 0 amide bonds. The fraction of sp³-hybridized carbons (Fsp3) is 0.600. The average molecular weight is 273 g/mol. The Morgan fingerprint density at radius 2 is 2.25 bits per heavy atom. The SMILES string of the molecule is CC(C)N1CCCCC1Cc1cnn2c(N)ccnc12. The van der Waals surface area contributed by atoms with Crippen LogP contribution in [-0.2, 0) is 6.42 Å². The molecule has 3 rings (SSSR count). The summed E-state index contributed by atoms with van der Waals surface area (Å²) in [6, 6.07) is 2.98. The average Bonchev–Trinajstić information content (AvgIpc) is 2.84. The first-order valence-electron chi connectivity index (χ1n) is 7.49. The lowest BCUT2D eigenvalue weighted by molar-refractivity contribution is 0.112. The zero-order valence-electron chi connectivity index (χ0n) is 12.3. The van der Waals surface area contributed by atoms with Gasteiger partial charge in [-0.25, -0.2) is 4.98 Å². The summed E-state index contributed by atoms with van der Waals surface area (Å²) in [5, 5.41) is 4.36. The maximum atomic E-state index is 5.93. The Morgan fingerprint density at radius 1 is 1.40 bits per heavy atom. The molecule has 1 unspecified atom stereocenters. The second-order valence-corrected chi connectivity index (χ2v) is 5.96. The molecule has 1 aliphatic rings.